The summed E-state index contributed by atoms with van der Waals surface area (Å²) >= 11 is 1.88. The maximum Gasteiger partial charge on any atom is 0.0561 e. The molecule has 0 aliphatic carbocycles. The average molecular weight is 745 g/mol. The third-order valence-corrected chi connectivity index (χ3v) is 12.4. The van der Waals surface area contributed by atoms with E-state index < -0.39 is 0 Å². The summed E-state index contributed by atoms with van der Waals surface area (Å²) in [4.78, 5) is 2.47. The molecule has 3 heteroatoms. The number of para-hydroxylation sites is 3. The summed E-state index contributed by atoms with van der Waals surface area (Å²) in [6, 6.07) is 79.4. The third kappa shape index (κ3) is 5.63. The average Bonchev–Trinajstić information content (AvgIpc) is 3.83. The highest BCUT2D eigenvalue weighted by Gasteiger charge is 2.23. The first-order valence-corrected chi connectivity index (χ1v) is 20.3. The number of hydrogen-bond acceptors (Lipinski definition) is 2. The van der Waals surface area contributed by atoms with Crippen LogP contribution in [0.5, 0.6) is 0 Å². The predicted molar refractivity (Wildman–Crippen MR) is 245 cm³/mol. The van der Waals surface area contributed by atoms with Crippen LogP contribution in [0.25, 0.3) is 81.0 Å². The van der Waals surface area contributed by atoms with Gasteiger partial charge in [-0.15, -0.1) is 11.3 Å². The lowest BCUT2D eigenvalue weighted by molar-refractivity contribution is 1.18. The van der Waals surface area contributed by atoms with E-state index in [1.165, 1.54) is 64.3 Å². The molecule has 57 heavy (non-hydrogen) atoms. The summed E-state index contributed by atoms with van der Waals surface area (Å²) in [5, 5.41) is 5.08. The number of fused-ring (bicyclic) bond motifs is 6. The van der Waals surface area contributed by atoms with E-state index in [0.717, 1.165) is 33.8 Å². The Labute approximate surface area is 335 Å². The van der Waals surface area contributed by atoms with E-state index in [-0.39, 0.29) is 0 Å². The van der Waals surface area contributed by atoms with E-state index in [2.05, 4.69) is 228 Å². The van der Waals surface area contributed by atoms with Crippen LogP contribution in [0.3, 0.4) is 0 Å². The van der Waals surface area contributed by atoms with Crippen molar-refractivity contribution in [2.75, 3.05) is 4.90 Å². The van der Waals surface area contributed by atoms with E-state index in [4.69, 9.17) is 0 Å². The fourth-order valence-electron chi connectivity index (χ4n) is 8.61. The largest absolute Gasteiger partial charge is 0.309 e. The van der Waals surface area contributed by atoms with Crippen molar-refractivity contribution in [3.63, 3.8) is 0 Å². The Morgan fingerprint density at radius 2 is 0.947 bits per heavy atom. The van der Waals surface area contributed by atoms with Crippen molar-refractivity contribution < 1.29 is 0 Å². The smallest absolute Gasteiger partial charge is 0.0561 e. The van der Waals surface area contributed by atoms with Gasteiger partial charge in [-0.3, -0.25) is 0 Å². The van der Waals surface area contributed by atoms with Gasteiger partial charge in [-0.2, -0.15) is 0 Å². The minimum absolute atomic E-state index is 1.09. The molecule has 0 radical (unpaired) electrons. The van der Waals surface area contributed by atoms with Crippen molar-refractivity contribution in [2.24, 2.45) is 0 Å². The number of anilines is 3. The van der Waals surface area contributed by atoms with Gasteiger partial charge in [-0.25, -0.2) is 0 Å². The molecule has 0 spiro atoms. The van der Waals surface area contributed by atoms with Crippen LogP contribution in [0.4, 0.5) is 17.1 Å². The highest BCUT2D eigenvalue weighted by molar-refractivity contribution is 7.26. The molecule has 0 amide bonds. The van der Waals surface area contributed by atoms with Crippen LogP contribution >= 0.6 is 11.3 Å². The molecule has 2 nitrogen and oxygen atoms in total. The highest BCUT2D eigenvalue weighted by Crippen LogP contribution is 2.48. The van der Waals surface area contributed by atoms with Gasteiger partial charge in [0.15, 0.2) is 0 Å². The second-order valence-electron chi connectivity index (χ2n) is 14.5. The number of hydrogen-bond donors (Lipinski definition) is 0. The van der Waals surface area contributed by atoms with Crippen molar-refractivity contribution in [1.29, 1.82) is 0 Å². The molecular formula is C54H36N2S. The van der Waals surface area contributed by atoms with Gasteiger partial charge >= 0.3 is 0 Å². The van der Waals surface area contributed by atoms with Crippen molar-refractivity contribution in [1.82, 2.24) is 4.57 Å². The Morgan fingerprint density at radius 1 is 0.351 bits per heavy atom. The molecule has 11 rings (SSSR count). The van der Waals surface area contributed by atoms with Crippen molar-refractivity contribution in [3.8, 4) is 39.1 Å². The zero-order valence-corrected chi connectivity index (χ0v) is 31.9. The van der Waals surface area contributed by atoms with Crippen LogP contribution in [-0.2, 0) is 0 Å². The lowest BCUT2D eigenvalue weighted by Crippen LogP contribution is -2.13. The Kier molecular flexibility index (Phi) is 8.04. The topological polar surface area (TPSA) is 8.17 Å². The summed E-state index contributed by atoms with van der Waals surface area (Å²) in [7, 11) is 0. The summed E-state index contributed by atoms with van der Waals surface area (Å²) in [6.07, 6.45) is 0. The van der Waals surface area contributed by atoms with E-state index in [1.807, 2.05) is 11.3 Å². The second-order valence-corrected chi connectivity index (χ2v) is 15.5. The molecule has 0 saturated carbocycles. The standard InChI is InChI=1S/C54H36N2S/c1-4-17-37(18-5-1)42-23-10-13-28-49(42)56(41-32-33-45-44-24-11-14-29-50(44)55(52(45)36-41)40-21-8-3-9-22-40)51-34-31-39(35-48(51)38-19-6-2-7-20-38)43-26-16-27-47-46-25-12-15-30-53(46)57-54(43)47/h1-36H. The molecule has 11 aromatic rings. The summed E-state index contributed by atoms with van der Waals surface area (Å²) in [6.45, 7) is 0. The number of benzene rings is 9. The van der Waals surface area contributed by atoms with E-state index in [9.17, 15) is 0 Å². The molecular weight excluding hydrogens is 709 g/mol. The van der Waals surface area contributed by atoms with Gasteiger partial charge in [0.2, 0.25) is 0 Å². The molecule has 0 aliphatic rings. The van der Waals surface area contributed by atoms with Crippen LogP contribution in [0.15, 0.2) is 218 Å². The zero-order chi connectivity index (χ0) is 37.7. The van der Waals surface area contributed by atoms with Crippen LogP contribution in [-0.4, -0.2) is 4.57 Å². The fourth-order valence-corrected chi connectivity index (χ4v) is 9.85. The molecule has 268 valence electrons. The monoisotopic (exact) mass is 744 g/mol. The van der Waals surface area contributed by atoms with Crippen LogP contribution in [0.1, 0.15) is 0 Å². The quantitative estimate of drug-likeness (QED) is 0.158. The Morgan fingerprint density at radius 3 is 1.75 bits per heavy atom. The Hall–Kier alpha value is -7.20. The molecule has 9 aromatic carbocycles. The first kappa shape index (κ1) is 33.2. The maximum absolute atomic E-state index is 2.47. The lowest BCUT2D eigenvalue weighted by atomic mass is 9.94. The number of nitrogens with zero attached hydrogens (tertiary/aromatic N) is 2. The van der Waals surface area contributed by atoms with Crippen LogP contribution < -0.4 is 4.90 Å². The Bertz CT molecular complexity index is 3230. The molecule has 0 unspecified atom stereocenters. The first-order chi connectivity index (χ1) is 28.3. The molecule has 2 heterocycles. The van der Waals surface area contributed by atoms with E-state index in [0.29, 0.717) is 0 Å². The third-order valence-electron chi connectivity index (χ3n) is 11.2. The van der Waals surface area contributed by atoms with Gasteiger partial charge in [0.1, 0.15) is 0 Å². The number of thiophene rings is 1. The SMILES string of the molecule is c1ccc(-c2ccccc2N(c2ccc3c4ccccc4n(-c4ccccc4)c3c2)c2ccc(-c3cccc4c3sc3ccccc34)cc2-c2ccccc2)cc1. The summed E-state index contributed by atoms with van der Waals surface area (Å²) in [5.74, 6) is 0. The second kappa shape index (κ2) is 13.8. The normalized spacial score (nSPS) is 11.5. The molecule has 0 bridgehead atoms. The van der Waals surface area contributed by atoms with Gasteiger partial charge < -0.3 is 9.47 Å². The summed E-state index contributed by atoms with van der Waals surface area (Å²) in [5.41, 5.74) is 13.9. The fraction of sp³-hybridized carbons (Fsp3) is 0. The van der Waals surface area contributed by atoms with Gasteiger partial charge in [-0.1, -0.05) is 164 Å². The predicted octanol–water partition coefficient (Wildman–Crippen LogP) is 15.6. The van der Waals surface area contributed by atoms with Gasteiger partial charge in [0.05, 0.1) is 22.4 Å². The molecule has 0 N–H and O–H groups in total. The van der Waals surface area contributed by atoms with Gasteiger partial charge in [0.25, 0.3) is 0 Å². The van der Waals surface area contributed by atoms with Crippen molar-refractivity contribution in [2.45, 2.75) is 0 Å². The molecule has 2 aromatic heterocycles. The van der Waals surface area contributed by atoms with Gasteiger partial charge in [-0.05, 0) is 76.9 Å². The van der Waals surface area contributed by atoms with Crippen LogP contribution in [0, 0.1) is 0 Å². The number of rotatable bonds is 7. The van der Waals surface area contributed by atoms with Crippen molar-refractivity contribution in [3.05, 3.63) is 218 Å². The molecule has 0 aliphatic heterocycles. The van der Waals surface area contributed by atoms with E-state index >= 15 is 0 Å². The molecule has 0 atom stereocenters. The molecule has 0 saturated heterocycles. The highest BCUT2D eigenvalue weighted by atomic mass is 32.1. The molecule has 0 fully saturated rings. The maximum atomic E-state index is 2.47. The minimum Gasteiger partial charge on any atom is -0.309 e. The lowest BCUT2D eigenvalue weighted by Gasteiger charge is -2.30. The summed E-state index contributed by atoms with van der Waals surface area (Å²) < 4.78 is 5.03. The zero-order valence-electron chi connectivity index (χ0n) is 31.1. The van der Waals surface area contributed by atoms with E-state index in [1.54, 1.807) is 0 Å². The van der Waals surface area contributed by atoms with Crippen molar-refractivity contribution >= 4 is 70.4 Å². The van der Waals surface area contributed by atoms with Gasteiger partial charge in [0, 0.05) is 53.4 Å². The number of aromatic nitrogens is 1. The first-order valence-electron chi connectivity index (χ1n) is 19.4. The van der Waals surface area contributed by atoms with Crippen LogP contribution in [0.2, 0.25) is 0 Å². The minimum atomic E-state index is 1.09. The Balaban J connectivity index is 1.20.